The number of nitriles is 5. The van der Waals surface area contributed by atoms with E-state index in [4.69, 9.17) is 10.5 Å². The Bertz CT molecular complexity index is 997. The van der Waals surface area contributed by atoms with Crippen LogP contribution in [-0.2, 0) is 0 Å². The van der Waals surface area contributed by atoms with Crippen LogP contribution in [0.25, 0.3) is 11.1 Å². The van der Waals surface area contributed by atoms with Gasteiger partial charge in [0.25, 0.3) is 0 Å². The van der Waals surface area contributed by atoms with Crippen molar-refractivity contribution < 1.29 is 31.0 Å². The predicted octanol–water partition coefficient (Wildman–Crippen LogP) is -1.38. The number of hydrogen-bond acceptors (Lipinski definition) is 7. The zero-order valence-electron chi connectivity index (χ0n) is 12.9. The summed E-state index contributed by atoms with van der Waals surface area (Å²) in [5, 5.41) is 45.8. The molecule has 0 aliphatic carbocycles. The molecule has 7 nitrogen and oxygen atoms in total. The van der Waals surface area contributed by atoms with Gasteiger partial charge in [-0.3, -0.25) is 0 Å². The van der Waals surface area contributed by atoms with E-state index in [9.17, 15) is 15.8 Å². The summed E-state index contributed by atoms with van der Waals surface area (Å²) in [7, 11) is 0. The van der Waals surface area contributed by atoms with Gasteiger partial charge in [-0.25, -0.2) is 9.97 Å². The van der Waals surface area contributed by atoms with E-state index in [0.29, 0.717) is 0 Å². The normalized spacial score (nSPS) is 8.30. The summed E-state index contributed by atoms with van der Waals surface area (Å²) in [5.41, 5.74) is -0.129. The van der Waals surface area contributed by atoms with Crippen molar-refractivity contribution in [3.05, 3.63) is 46.5 Å². The molecule has 0 amide bonds. The summed E-state index contributed by atoms with van der Waals surface area (Å²) in [6.45, 7) is 0. The van der Waals surface area contributed by atoms with Gasteiger partial charge in [-0.1, -0.05) is 0 Å². The molecule has 0 unspecified atom stereocenters. The van der Waals surface area contributed by atoms with Gasteiger partial charge in [-0.15, -0.1) is 0 Å². The van der Waals surface area contributed by atoms with E-state index in [1.54, 1.807) is 12.1 Å². The maximum atomic E-state index is 9.29. The van der Waals surface area contributed by atoms with Gasteiger partial charge in [0.15, 0.2) is 11.4 Å². The van der Waals surface area contributed by atoms with Crippen molar-refractivity contribution in [2.45, 2.75) is 0 Å². The second-order valence-corrected chi connectivity index (χ2v) is 3.91. The largest absolute Gasteiger partial charge is 1.00 e. The molecule has 2 heterocycles. The molecule has 0 atom stereocenters. The van der Waals surface area contributed by atoms with Crippen LogP contribution in [0, 0.1) is 56.7 Å². The van der Waals surface area contributed by atoms with Crippen molar-refractivity contribution in [2.75, 3.05) is 0 Å². The predicted molar refractivity (Wildman–Crippen MR) is 72.2 cm³/mol. The Morgan fingerprint density at radius 2 is 1.39 bits per heavy atom. The minimum atomic E-state index is -0.157. The molecule has 2 aromatic heterocycles. The fraction of sp³-hybridized carbons (Fsp3) is 0. The molecular formula is C15H4N7Na. The standard InChI is InChI=1S/C15H3N7.Na.H/c16-3-9-8-22-14(7-20)12(5-18)15(9)10-1-2-21-13(6-19)11(10)4-17;;/h1-2,8H;;/q;+1;-1. The Labute approximate surface area is 155 Å². The van der Waals surface area contributed by atoms with Gasteiger partial charge in [0.05, 0.1) is 16.7 Å². The van der Waals surface area contributed by atoms with Crippen molar-refractivity contribution in [1.82, 2.24) is 9.97 Å². The molecular weight excluding hydrogens is 301 g/mol. The van der Waals surface area contributed by atoms with Crippen LogP contribution in [0.5, 0.6) is 0 Å². The minimum Gasteiger partial charge on any atom is -1.00 e. The molecule has 2 aromatic rings. The number of rotatable bonds is 1. The van der Waals surface area contributed by atoms with Gasteiger partial charge in [0.1, 0.15) is 30.3 Å². The maximum Gasteiger partial charge on any atom is 1.00 e. The maximum absolute atomic E-state index is 9.29. The summed E-state index contributed by atoms with van der Waals surface area (Å²) in [6.07, 6.45) is 2.45. The Kier molecular flexibility index (Phi) is 5.94. The fourth-order valence-electron chi connectivity index (χ4n) is 1.94. The first-order valence-corrected chi connectivity index (χ1v) is 5.74. The topological polar surface area (TPSA) is 145 Å². The van der Waals surface area contributed by atoms with Crippen molar-refractivity contribution >= 4 is 0 Å². The third-order valence-electron chi connectivity index (χ3n) is 2.86. The molecule has 0 radical (unpaired) electrons. The summed E-state index contributed by atoms with van der Waals surface area (Å²) >= 11 is 0. The van der Waals surface area contributed by atoms with Crippen LogP contribution in [0.15, 0.2) is 18.5 Å². The van der Waals surface area contributed by atoms with Gasteiger partial charge >= 0.3 is 29.6 Å². The molecule has 0 aliphatic heterocycles. The van der Waals surface area contributed by atoms with E-state index >= 15 is 0 Å². The summed E-state index contributed by atoms with van der Waals surface area (Å²) in [4.78, 5) is 7.53. The number of hydrogen-bond donors (Lipinski definition) is 0. The smallest absolute Gasteiger partial charge is 1.00 e. The zero-order chi connectivity index (χ0) is 16.1. The quantitative estimate of drug-likeness (QED) is 0.590. The van der Waals surface area contributed by atoms with Crippen molar-refractivity contribution in [2.24, 2.45) is 0 Å². The van der Waals surface area contributed by atoms with E-state index in [1.807, 2.05) is 18.2 Å². The second-order valence-electron chi connectivity index (χ2n) is 3.91. The Morgan fingerprint density at radius 1 is 0.783 bits per heavy atom. The van der Waals surface area contributed by atoms with Crippen LogP contribution in [0.4, 0.5) is 0 Å². The van der Waals surface area contributed by atoms with E-state index in [-0.39, 0.29) is 70.2 Å². The molecule has 0 saturated heterocycles. The summed E-state index contributed by atoms with van der Waals surface area (Å²) in [5.74, 6) is 0. The average molecular weight is 305 g/mol. The molecule has 23 heavy (non-hydrogen) atoms. The molecule has 8 heteroatoms. The first-order valence-electron chi connectivity index (χ1n) is 5.74. The van der Waals surface area contributed by atoms with Crippen LogP contribution < -0.4 is 29.6 Å². The van der Waals surface area contributed by atoms with Gasteiger partial charge in [-0.05, 0) is 6.07 Å². The zero-order valence-corrected chi connectivity index (χ0v) is 13.9. The summed E-state index contributed by atoms with van der Waals surface area (Å²) in [6, 6.07) is 10.5. The van der Waals surface area contributed by atoms with E-state index in [1.165, 1.54) is 12.3 Å². The van der Waals surface area contributed by atoms with Gasteiger partial charge in [0, 0.05) is 23.5 Å². The van der Waals surface area contributed by atoms with Crippen molar-refractivity contribution in [3.8, 4) is 41.5 Å². The van der Waals surface area contributed by atoms with Gasteiger partial charge in [0.2, 0.25) is 0 Å². The third-order valence-corrected chi connectivity index (χ3v) is 2.86. The third kappa shape index (κ3) is 3.02. The minimum absolute atomic E-state index is 0. The Morgan fingerprint density at radius 3 is 1.91 bits per heavy atom. The van der Waals surface area contributed by atoms with Crippen LogP contribution in [0.1, 0.15) is 29.5 Å². The number of aromatic nitrogens is 2. The van der Waals surface area contributed by atoms with E-state index in [0.717, 1.165) is 6.20 Å². The van der Waals surface area contributed by atoms with Crippen LogP contribution in [-0.4, -0.2) is 9.97 Å². The Hall–Kier alpha value is -3.25. The monoisotopic (exact) mass is 305 g/mol. The Balaban J connectivity index is 0.00000264. The SMILES string of the molecule is N#Cc1cnc(C#N)c(C#N)c1-c1ccnc(C#N)c1C#N.[H-].[Na+]. The molecule has 2 rings (SSSR count). The molecule has 0 saturated carbocycles. The first kappa shape index (κ1) is 17.8. The molecule has 0 N–H and O–H groups in total. The molecule has 100 valence electrons. The van der Waals surface area contributed by atoms with E-state index in [2.05, 4.69) is 9.97 Å². The first-order chi connectivity index (χ1) is 10.7. The average Bonchev–Trinajstić information content (AvgIpc) is 2.59. The summed E-state index contributed by atoms with van der Waals surface area (Å²) < 4.78 is 0. The molecule has 0 aromatic carbocycles. The second kappa shape index (κ2) is 7.67. The van der Waals surface area contributed by atoms with Gasteiger partial charge in [-0.2, -0.15) is 26.3 Å². The van der Waals surface area contributed by atoms with Crippen LogP contribution in [0.2, 0.25) is 0 Å². The fourth-order valence-corrected chi connectivity index (χ4v) is 1.94. The molecule has 0 spiro atoms. The van der Waals surface area contributed by atoms with E-state index < -0.39 is 0 Å². The van der Waals surface area contributed by atoms with Gasteiger partial charge < -0.3 is 1.43 Å². The molecule has 0 aliphatic rings. The van der Waals surface area contributed by atoms with Crippen LogP contribution >= 0.6 is 0 Å². The van der Waals surface area contributed by atoms with Crippen molar-refractivity contribution in [3.63, 3.8) is 0 Å². The number of nitrogens with zero attached hydrogens (tertiary/aromatic N) is 7. The molecule has 0 fully saturated rings. The van der Waals surface area contributed by atoms with Crippen LogP contribution in [0.3, 0.4) is 0 Å². The number of pyridine rings is 2. The van der Waals surface area contributed by atoms with Crippen molar-refractivity contribution in [1.29, 1.82) is 26.3 Å². The molecule has 0 bridgehead atoms.